The number of urea groups is 1. The summed E-state index contributed by atoms with van der Waals surface area (Å²) < 4.78 is 5.25. The Morgan fingerprint density at radius 1 is 1.42 bits per heavy atom. The number of rotatable bonds is 4. The van der Waals surface area contributed by atoms with E-state index in [0.29, 0.717) is 18.7 Å². The molecule has 2 aromatic rings. The van der Waals surface area contributed by atoms with Crippen LogP contribution in [0.4, 0.5) is 10.5 Å². The number of nitrogens with one attached hydrogen (secondary N) is 1. The van der Waals surface area contributed by atoms with Crippen molar-refractivity contribution in [2.24, 2.45) is 0 Å². The van der Waals surface area contributed by atoms with Gasteiger partial charge in [-0.2, -0.15) is 0 Å². The van der Waals surface area contributed by atoms with E-state index >= 15 is 0 Å². The molecule has 3 rings (SSSR count). The minimum Gasteiger partial charge on any atom is -0.467 e. The molecule has 2 N–H and O–H groups in total. The molecule has 1 aromatic heterocycles. The Labute approximate surface area is 142 Å². The van der Waals surface area contributed by atoms with Gasteiger partial charge in [0.2, 0.25) is 0 Å². The van der Waals surface area contributed by atoms with Crippen LogP contribution in [0.3, 0.4) is 0 Å². The maximum Gasteiger partial charge on any atom is 0.322 e. The molecule has 0 aliphatic carbocycles. The molecule has 1 fully saturated rings. The van der Waals surface area contributed by atoms with Crippen LogP contribution < -0.4 is 5.32 Å². The van der Waals surface area contributed by atoms with Gasteiger partial charge in [0.15, 0.2) is 0 Å². The molecule has 1 aromatic carbocycles. The van der Waals surface area contributed by atoms with Gasteiger partial charge in [0.1, 0.15) is 11.9 Å². The second-order valence-electron chi connectivity index (χ2n) is 6.50. The van der Waals surface area contributed by atoms with Gasteiger partial charge in [-0.1, -0.05) is 17.7 Å². The summed E-state index contributed by atoms with van der Waals surface area (Å²) in [6.07, 6.45) is 3.22. The van der Waals surface area contributed by atoms with Crippen molar-refractivity contribution in [1.82, 2.24) is 4.90 Å². The van der Waals surface area contributed by atoms with Gasteiger partial charge >= 0.3 is 6.03 Å². The molecule has 0 bridgehead atoms. The highest BCUT2D eigenvalue weighted by atomic mass is 16.4. The quantitative estimate of drug-likeness (QED) is 0.891. The van der Waals surface area contributed by atoms with Crippen molar-refractivity contribution in [2.45, 2.75) is 45.3 Å². The molecule has 0 saturated carbocycles. The van der Waals surface area contributed by atoms with E-state index in [2.05, 4.69) is 11.4 Å². The summed E-state index contributed by atoms with van der Waals surface area (Å²) in [5, 5.41) is 13.3. The fourth-order valence-corrected chi connectivity index (χ4v) is 3.34. The number of benzene rings is 1. The number of carbonyl (C=O) groups excluding carboxylic acids is 1. The van der Waals surface area contributed by atoms with Gasteiger partial charge in [-0.25, -0.2) is 4.79 Å². The first-order valence-electron chi connectivity index (χ1n) is 8.41. The second-order valence-corrected chi connectivity index (χ2v) is 6.50. The van der Waals surface area contributed by atoms with Crippen molar-refractivity contribution in [3.05, 3.63) is 53.5 Å². The summed E-state index contributed by atoms with van der Waals surface area (Å²) in [6, 6.07) is 9.43. The van der Waals surface area contributed by atoms with E-state index < -0.39 is 6.10 Å². The van der Waals surface area contributed by atoms with Crippen molar-refractivity contribution in [3.63, 3.8) is 0 Å². The molecule has 128 valence electrons. The van der Waals surface area contributed by atoms with Gasteiger partial charge in [-0.3, -0.25) is 0 Å². The van der Waals surface area contributed by atoms with Crippen LogP contribution in [0.1, 0.15) is 42.3 Å². The fraction of sp³-hybridized carbons (Fsp3) is 0.421. The Kier molecular flexibility index (Phi) is 4.90. The predicted octanol–water partition coefficient (Wildman–Crippen LogP) is 4.02. The summed E-state index contributed by atoms with van der Waals surface area (Å²) in [6.45, 7) is 4.74. The third-order valence-electron chi connectivity index (χ3n) is 4.63. The standard InChI is InChI=1S/C19H24N2O3/c1-13-7-8-16(14(2)11-13)20-19(23)21-9-3-5-15(21)12-17(22)18-6-4-10-24-18/h4,6-8,10-11,15,17,22H,3,5,9,12H2,1-2H3,(H,20,23). The number of hydrogen-bond donors (Lipinski definition) is 2. The third kappa shape index (κ3) is 3.62. The molecule has 1 aliphatic rings. The maximum absolute atomic E-state index is 12.6. The summed E-state index contributed by atoms with van der Waals surface area (Å²) >= 11 is 0. The summed E-state index contributed by atoms with van der Waals surface area (Å²) in [5.74, 6) is 0.552. The van der Waals surface area contributed by atoms with Crippen LogP contribution in [-0.2, 0) is 0 Å². The summed E-state index contributed by atoms with van der Waals surface area (Å²) in [4.78, 5) is 14.5. The highest BCUT2D eigenvalue weighted by Crippen LogP contribution is 2.28. The highest BCUT2D eigenvalue weighted by molar-refractivity contribution is 5.90. The van der Waals surface area contributed by atoms with Gasteiger partial charge in [0, 0.05) is 24.7 Å². The summed E-state index contributed by atoms with van der Waals surface area (Å²) in [7, 11) is 0. The molecule has 1 saturated heterocycles. The van der Waals surface area contributed by atoms with Crippen molar-refractivity contribution in [1.29, 1.82) is 0 Å². The molecule has 24 heavy (non-hydrogen) atoms. The molecule has 2 atom stereocenters. The average molecular weight is 328 g/mol. The molecule has 1 aliphatic heterocycles. The minimum atomic E-state index is -0.681. The fourth-order valence-electron chi connectivity index (χ4n) is 3.34. The van der Waals surface area contributed by atoms with Crippen LogP contribution in [0, 0.1) is 13.8 Å². The third-order valence-corrected chi connectivity index (χ3v) is 4.63. The number of furan rings is 1. The van der Waals surface area contributed by atoms with Crippen LogP contribution in [-0.4, -0.2) is 28.6 Å². The molecule has 5 nitrogen and oxygen atoms in total. The van der Waals surface area contributed by atoms with E-state index in [1.807, 2.05) is 30.9 Å². The molecule has 2 amide bonds. The Balaban J connectivity index is 1.65. The van der Waals surface area contributed by atoms with Crippen LogP contribution in [0.5, 0.6) is 0 Å². The number of carbonyl (C=O) groups is 1. The first-order chi connectivity index (χ1) is 11.5. The van der Waals surface area contributed by atoms with Gasteiger partial charge in [-0.15, -0.1) is 0 Å². The summed E-state index contributed by atoms with van der Waals surface area (Å²) in [5.41, 5.74) is 3.06. The van der Waals surface area contributed by atoms with Crippen molar-refractivity contribution in [2.75, 3.05) is 11.9 Å². The largest absolute Gasteiger partial charge is 0.467 e. The average Bonchev–Trinajstić information content (AvgIpc) is 3.21. The first-order valence-corrected chi connectivity index (χ1v) is 8.41. The molecule has 2 heterocycles. The second kappa shape index (κ2) is 7.09. The number of aliphatic hydroxyl groups is 1. The number of hydrogen-bond acceptors (Lipinski definition) is 3. The number of likely N-dealkylation sites (tertiary alicyclic amines) is 1. The lowest BCUT2D eigenvalue weighted by Gasteiger charge is -2.26. The molecule has 5 heteroatoms. The lowest BCUT2D eigenvalue weighted by Crippen LogP contribution is -2.39. The molecular formula is C19H24N2O3. The Hall–Kier alpha value is -2.27. The van der Waals surface area contributed by atoms with E-state index in [9.17, 15) is 9.90 Å². The smallest absolute Gasteiger partial charge is 0.322 e. The number of aliphatic hydroxyl groups excluding tert-OH is 1. The highest BCUT2D eigenvalue weighted by Gasteiger charge is 2.31. The van der Waals surface area contributed by atoms with Gasteiger partial charge < -0.3 is 19.7 Å². The number of anilines is 1. The monoisotopic (exact) mass is 328 g/mol. The van der Waals surface area contributed by atoms with Crippen molar-refractivity contribution < 1.29 is 14.3 Å². The van der Waals surface area contributed by atoms with Crippen LogP contribution in [0.25, 0.3) is 0 Å². The topological polar surface area (TPSA) is 65.7 Å². The molecule has 0 spiro atoms. The Morgan fingerprint density at radius 3 is 2.96 bits per heavy atom. The van der Waals surface area contributed by atoms with E-state index in [1.54, 1.807) is 18.4 Å². The van der Waals surface area contributed by atoms with E-state index in [-0.39, 0.29) is 12.1 Å². The number of amides is 2. The van der Waals surface area contributed by atoms with Crippen molar-refractivity contribution in [3.8, 4) is 0 Å². The Bertz CT molecular complexity index is 697. The van der Waals surface area contributed by atoms with Gasteiger partial charge in [-0.05, 0) is 50.5 Å². The normalized spacial score (nSPS) is 18.6. The number of aryl methyl sites for hydroxylation is 2. The Morgan fingerprint density at radius 2 is 2.25 bits per heavy atom. The van der Waals surface area contributed by atoms with E-state index in [0.717, 1.165) is 24.1 Å². The van der Waals surface area contributed by atoms with E-state index in [1.165, 1.54) is 5.56 Å². The lowest BCUT2D eigenvalue weighted by atomic mass is 10.1. The van der Waals surface area contributed by atoms with Gasteiger partial charge in [0.25, 0.3) is 0 Å². The maximum atomic E-state index is 12.6. The van der Waals surface area contributed by atoms with E-state index in [4.69, 9.17) is 4.42 Å². The molecule has 0 radical (unpaired) electrons. The number of nitrogens with zero attached hydrogens (tertiary/aromatic N) is 1. The van der Waals surface area contributed by atoms with Crippen LogP contribution >= 0.6 is 0 Å². The zero-order chi connectivity index (χ0) is 17.1. The predicted molar refractivity (Wildman–Crippen MR) is 92.9 cm³/mol. The zero-order valence-electron chi connectivity index (χ0n) is 14.2. The van der Waals surface area contributed by atoms with Crippen molar-refractivity contribution >= 4 is 11.7 Å². The van der Waals surface area contributed by atoms with Gasteiger partial charge in [0.05, 0.1) is 6.26 Å². The van der Waals surface area contributed by atoms with Crippen LogP contribution in [0.2, 0.25) is 0 Å². The molecule has 2 unspecified atom stereocenters. The zero-order valence-corrected chi connectivity index (χ0v) is 14.2. The lowest BCUT2D eigenvalue weighted by molar-refractivity contribution is 0.110. The SMILES string of the molecule is Cc1ccc(NC(=O)N2CCCC2CC(O)c2ccco2)c(C)c1. The van der Waals surface area contributed by atoms with Crippen LogP contribution in [0.15, 0.2) is 41.0 Å². The molecular weight excluding hydrogens is 304 g/mol. The minimum absolute atomic E-state index is 0.0239. The first kappa shape index (κ1) is 16.6.